The highest BCUT2D eigenvalue weighted by atomic mass is 32.2. The van der Waals surface area contributed by atoms with Gasteiger partial charge >= 0.3 is 71.6 Å². The lowest BCUT2D eigenvalue weighted by molar-refractivity contribution is -0.154. The second kappa shape index (κ2) is 64.7. The maximum absolute atomic E-state index is 13.3. The minimum Gasteiger partial charge on any atom is -0.462 e. The first-order valence-electron chi connectivity index (χ1n) is 35.1. The Balaban J connectivity index is 6.78. The maximum atomic E-state index is 13.3. The molecule has 0 aliphatic heterocycles. The van der Waals surface area contributed by atoms with Crippen LogP contribution in [0.1, 0.15) is 99.3 Å². The number of ether oxygens (including phenoxy) is 12. The molecule has 0 aliphatic rings. The van der Waals surface area contributed by atoms with Crippen molar-refractivity contribution in [3.8, 4) is 0 Å². The van der Waals surface area contributed by atoms with Gasteiger partial charge in [0.05, 0.1) is 74.0 Å². The van der Waals surface area contributed by atoms with E-state index in [4.69, 9.17) is 56.8 Å². The van der Waals surface area contributed by atoms with Gasteiger partial charge in [-0.25, -0.2) is 0 Å². The summed E-state index contributed by atoms with van der Waals surface area (Å²) in [6, 6.07) is 0. The summed E-state index contributed by atoms with van der Waals surface area (Å²) in [7, 11) is 0. The van der Waals surface area contributed by atoms with Crippen LogP contribution in [0.25, 0.3) is 0 Å². The van der Waals surface area contributed by atoms with Gasteiger partial charge in [0.2, 0.25) is 0 Å². The van der Waals surface area contributed by atoms with Gasteiger partial charge in [-0.2, -0.15) is 70.6 Å². The van der Waals surface area contributed by atoms with Crippen LogP contribution in [0.3, 0.4) is 0 Å². The average Bonchev–Trinajstić information content (AvgIpc) is 1.22. The van der Waals surface area contributed by atoms with Crippen LogP contribution < -0.4 is 0 Å². The van der Waals surface area contributed by atoms with Gasteiger partial charge in [0.25, 0.3) is 0 Å². The highest BCUT2D eigenvalue weighted by Crippen LogP contribution is 2.14. The first-order chi connectivity index (χ1) is 49.3. The van der Waals surface area contributed by atoms with Gasteiger partial charge in [0, 0.05) is 73.8 Å². The van der Waals surface area contributed by atoms with Crippen LogP contribution in [0.2, 0.25) is 0 Å². The molecule has 0 aromatic carbocycles. The second-order valence-corrected chi connectivity index (χ2v) is 29.9. The van der Waals surface area contributed by atoms with Crippen LogP contribution in [-0.4, -0.2) is 321 Å². The minimum absolute atomic E-state index is 0.0236. The van der Waals surface area contributed by atoms with E-state index in [1.807, 2.05) is 47.3 Å². The van der Waals surface area contributed by atoms with E-state index in [2.05, 4.69) is 9.80 Å². The largest absolute Gasteiger partial charge is 0.462 e. The van der Waals surface area contributed by atoms with Crippen LogP contribution in [0.5, 0.6) is 0 Å². The molecular weight excluding hydrogens is 1460 g/mol. The number of hydrogen-bond acceptors (Lipinski definition) is 34. The molecule has 0 N–H and O–H groups in total. The molecule has 0 spiro atoms. The van der Waals surface area contributed by atoms with Crippen LogP contribution in [0.15, 0.2) is 0 Å². The van der Waals surface area contributed by atoms with E-state index in [9.17, 15) is 57.5 Å². The molecule has 0 radical (unpaired) electrons. The predicted molar refractivity (Wildman–Crippen MR) is 404 cm³/mol. The molecule has 103 heavy (non-hydrogen) atoms. The Morgan fingerprint density at radius 1 is 0.214 bits per heavy atom. The second-order valence-electron chi connectivity index (χ2n) is 24.4. The monoisotopic (exact) mass is 1580 g/mol. The summed E-state index contributed by atoms with van der Waals surface area (Å²) >= 11 is 9.07. The Morgan fingerprint density at radius 3 is 0.476 bits per heavy atom. The van der Waals surface area contributed by atoms with E-state index < -0.39 is 71.6 Å². The molecular formula is C69H120N4O24S6. The van der Waals surface area contributed by atoms with E-state index in [-0.39, 0.29) is 193 Å². The summed E-state index contributed by atoms with van der Waals surface area (Å²) in [5.41, 5.74) is 0. The Morgan fingerprint density at radius 2 is 0.340 bits per heavy atom. The minimum atomic E-state index is -0.542. The number of nitrogens with zero attached hydrogens (tertiary/aromatic N) is 4. The van der Waals surface area contributed by atoms with Crippen molar-refractivity contribution < 1.29 is 114 Å². The molecule has 0 amide bonds. The predicted octanol–water partition coefficient (Wildman–Crippen LogP) is 6.22. The van der Waals surface area contributed by atoms with Crippen molar-refractivity contribution in [3.63, 3.8) is 0 Å². The molecule has 0 rings (SSSR count). The summed E-state index contributed by atoms with van der Waals surface area (Å²) in [6.07, 6.45) is 12.5. The number of carbonyl (C=O) groups excluding carboxylic acids is 12. The Labute approximate surface area is 637 Å². The zero-order valence-electron chi connectivity index (χ0n) is 63.1. The highest BCUT2D eigenvalue weighted by molar-refractivity contribution is 7.99. The third-order valence-corrected chi connectivity index (χ3v) is 20.1. The maximum Gasteiger partial charge on any atom is 0.309 e. The zero-order valence-corrected chi connectivity index (χ0v) is 68.0. The average molecular weight is 1580 g/mol. The first-order valence-corrected chi connectivity index (χ1v) is 43.5. The Bertz CT molecular complexity index is 2160. The molecule has 6 unspecified atom stereocenters. The van der Waals surface area contributed by atoms with Crippen molar-refractivity contribution in [1.82, 2.24) is 19.6 Å². The van der Waals surface area contributed by atoms with E-state index in [1.165, 1.54) is 70.6 Å². The van der Waals surface area contributed by atoms with Gasteiger partial charge in [-0.05, 0) is 96.1 Å². The van der Waals surface area contributed by atoms with Crippen molar-refractivity contribution >= 4 is 142 Å². The van der Waals surface area contributed by atoms with Crippen LogP contribution in [-0.2, 0) is 114 Å². The SMILES string of the molecule is CSCC(C)C(=O)OCCOC(=O)CCN(CCCN(CCCN(CCC(=O)OCCOC(=O)C(C)CSC)CCC(=O)OCCOC(=O)C(C)CSC)CCC(=O)OCCOC(=O)C(C)CSC)CCCN(CCC(=O)OCCOC(=O)C(C)CSC)CCC(=O)OCCOC(=O)C(C)CSC. The quantitative estimate of drug-likeness (QED) is 0.0370. The summed E-state index contributed by atoms with van der Waals surface area (Å²) < 4.78 is 64.3. The number of rotatable bonds is 66. The zero-order chi connectivity index (χ0) is 77.0. The fraction of sp³-hybridized carbons (Fsp3) is 0.826. The molecule has 0 aromatic rings. The lowest BCUT2D eigenvalue weighted by Crippen LogP contribution is -2.37. The fourth-order valence-electron chi connectivity index (χ4n) is 9.37. The molecule has 6 atom stereocenters. The summed E-state index contributed by atoms with van der Waals surface area (Å²) in [5, 5.41) is 0. The normalized spacial score (nSPS) is 13.0. The van der Waals surface area contributed by atoms with Gasteiger partial charge < -0.3 is 76.4 Å². The smallest absolute Gasteiger partial charge is 0.309 e. The molecule has 0 bridgehead atoms. The standard InChI is InChI=1S/C69H120N4O24S6/c1-52(46-98-7)64(80)92-40-34-86-58(74)16-28-70(24-14-26-72(30-18-60(76)88-36-42-94-66(82)54(3)48-100-9)31-19-61(77)89-37-43-95-67(83)55(4)49-101-10)22-13-23-71(29-17-59(75)87-35-41-93-65(81)53(2)47-99-8)25-15-27-73(32-20-62(78)90-38-44-96-68(84)56(5)50-102-11)33-21-63(79)91-39-45-97-69(85)57(6)51-103-12/h52-57H,13-51H2,1-12H3. The number of thioether (sulfide) groups is 6. The third kappa shape index (κ3) is 54.8. The van der Waals surface area contributed by atoms with E-state index in [0.717, 1.165) is 0 Å². The van der Waals surface area contributed by atoms with Crippen LogP contribution in [0.4, 0.5) is 0 Å². The molecule has 0 fully saturated rings. The number of esters is 12. The van der Waals surface area contributed by atoms with Gasteiger partial charge in [0.15, 0.2) is 0 Å². The van der Waals surface area contributed by atoms with Crippen LogP contribution in [0, 0.1) is 35.5 Å². The number of hydrogen-bond donors (Lipinski definition) is 0. The van der Waals surface area contributed by atoms with Crippen molar-refractivity contribution in [2.24, 2.45) is 35.5 Å². The lowest BCUT2D eigenvalue weighted by atomic mass is 10.2. The number of carbonyl (C=O) groups is 12. The molecule has 34 heteroatoms. The third-order valence-electron chi connectivity index (χ3n) is 15.1. The van der Waals surface area contributed by atoms with Crippen molar-refractivity contribution in [2.75, 3.05) is 230 Å². The molecule has 0 saturated heterocycles. The molecule has 0 aliphatic carbocycles. The van der Waals surface area contributed by atoms with Crippen LogP contribution >= 0.6 is 70.6 Å². The van der Waals surface area contributed by atoms with E-state index in [1.54, 1.807) is 41.5 Å². The van der Waals surface area contributed by atoms with Gasteiger partial charge in [-0.15, -0.1) is 0 Å². The fourth-order valence-corrected chi connectivity index (χ4v) is 13.2. The van der Waals surface area contributed by atoms with E-state index >= 15 is 0 Å². The lowest BCUT2D eigenvalue weighted by Gasteiger charge is -2.28. The Hall–Kier alpha value is -4.42. The van der Waals surface area contributed by atoms with Crippen molar-refractivity contribution in [2.45, 2.75) is 99.3 Å². The summed E-state index contributed by atoms with van der Waals surface area (Å²) in [4.78, 5) is 161. The molecule has 28 nitrogen and oxygen atoms in total. The van der Waals surface area contributed by atoms with Gasteiger partial charge in [-0.3, -0.25) is 57.5 Å². The topological polar surface area (TPSA) is 329 Å². The summed E-state index contributed by atoms with van der Waals surface area (Å²) in [6.45, 7) is 12.8. The summed E-state index contributed by atoms with van der Waals surface area (Å²) in [5.74, 6) is -4.07. The molecule has 596 valence electrons. The van der Waals surface area contributed by atoms with Gasteiger partial charge in [0.1, 0.15) is 79.3 Å². The van der Waals surface area contributed by atoms with Crippen molar-refractivity contribution in [3.05, 3.63) is 0 Å². The first kappa shape index (κ1) is 98.6. The van der Waals surface area contributed by atoms with E-state index in [0.29, 0.717) is 93.0 Å². The highest BCUT2D eigenvalue weighted by Gasteiger charge is 2.23. The molecule has 0 saturated carbocycles. The van der Waals surface area contributed by atoms with Gasteiger partial charge in [-0.1, -0.05) is 41.5 Å². The Kier molecular flexibility index (Phi) is 62.0. The molecule has 0 aromatic heterocycles. The van der Waals surface area contributed by atoms with Crippen molar-refractivity contribution in [1.29, 1.82) is 0 Å². The molecule has 0 heterocycles.